The van der Waals surface area contributed by atoms with Crippen LogP contribution in [0.15, 0.2) is 12.4 Å². The van der Waals surface area contributed by atoms with Gasteiger partial charge in [-0.15, -0.1) is 11.3 Å². The van der Waals surface area contributed by atoms with E-state index >= 15 is 0 Å². The molecule has 0 saturated heterocycles. The highest BCUT2D eigenvalue weighted by Crippen LogP contribution is 2.33. The fourth-order valence-corrected chi connectivity index (χ4v) is 2.72. The fraction of sp³-hybridized carbons (Fsp3) is 0.455. The Hall–Kier alpha value is -0.960. The molecule has 0 bridgehead atoms. The highest BCUT2D eigenvalue weighted by molar-refractivity contribution is 7.13. The molecule has 3 heteroatoms. The topological polar surface area (TPSA) is 25.8 Å². The second-order valence-electron chi connectivity index (χ2n) is 3.65. The predicted molar refractivity (Wildman–Crippen MR) is 60.9 cm³/mol. The molecule has 2 heterocycles. The molecule has 2 nitrogen and oxygen atoms in total. The van der Waals surface area contributed by atoms with Crippen molar-refractivity contribution in [1.29, 1.82) is 0 Å². The second kappa shape index (κ2) is 3.65. The van der Waals surface area contributed by atoms with Gasteiger partial charge in [0.2, 0.25) is 0 Å². The van der Waals surface area contributed by atoms with E-state index in [0.29, 0.717) is 5.92 Å². The molecule has 0 atom stereocenters. The molecular formula is C11H14N2S. The van der Waals surface area contributed by atoms with Crippen LogP contribution in [0.25, 0.3) is 11.0 Å². The molecule has 2 aromatic rings. The zero-order chi connectivity index (χ0) is 10.1. The van der Waals surface area contributed by atoms with Gasteiger partial charge in [0, 0.05) is 22.1 Å². The van der Waals surface area contributed by atoms with Crippen molar-refractivity contribution < 1.29 is 0 Å². The number of hydrogen-bond acceptors (Lipinski definition) is 3. The number of fused-ring (bicyclic) bond motifs is 1. The van der Waals surface area contributed by atoms with E-state index in [1.54, 1.807) is 12.4 Å². The Morgan fingerprint density at radius 2 is 1.86 bits per heavy atom. The smallest absolute Gasteiger partial charge is 0.103 e. The minimum absolute atomic E-state index is 0.541. The average Bonchev–Trinajstić information content (AvgIpc) is 2.56. The van der Waals surface area contributed by atoms with Crippen LogP contribution in [0, 0.1) is 0 Å². The van der Waals surface area contributed by atoms with E-state index in [2.05, 4.69) is 30.7 Å². The van der Waals surface area contributed by atoms with Gasteiger partial charge in [0.1, 0.15) is 11.0 Å². The molecule has 0 saturated carbocycles. The average molecular weight is 206 g/mol. The first-order valence-corrected chi connectivity index (χ1v) is 5.78. The van der Waals surface area contributed by atoms with E-state index in [-0.39, 0.29) is 0 Å². The lowest BCUT2D eigenvalue weighted by Gasteiger charge is -1.99. The normalized spacial score (nSPS) is 11.4. The van der Waals surface area contributed by atoms with E-state index < -0.39 is 0 Å². The summed E-state index contributed by atoms with van der Waals surface area (Å²) in [6.07, 6.45) is 4.60. The zero-order valence-electron chi connectivity index (χ0n) is 8.74. The standard InChI is InChI=1S/C11H14N2S/c1-4-8-9-10(13-6-5-12-9)11(14-8)7(2)3/h5-7H,4H2,1-3H3. The largest absolute Gasteiger partial charge is 0.252 e. The molecule has 74 valence electrons. The van der Waals surface area contributed by atoms with E-state index in [9.17, 15) is 0 Å². The summed E-state index contributed by atoms with van der Waals surface area (Å²) in [5.74, 6) is 0.541. The molecule has 2 aromatic heterocycles. The maximum Gasteiger partial charge on any atom is 0.103 e. The van der Waals surface area contributed by atoms with Crippen molar-refractivity contribution in [2.24, 2.45) is 0 Å². The van der Waals surface area contributed by atoms with Crippen molar-refractivity contribution in [3.05, 3.63) is 22.1 Å². The van der Waals surface area contributed by atoms with Gasteiger partial charge >= 0.3 is 0 Å². The Balaban J connectivity index is 2.73. The monoisotopic (exact) mass is 206 g/mol. The van der Waals surface area contributed by atoms with Gasteiger partial charge in [-0.05, 0) is 12.3 Å². The van der Waals surface area contributed by atoms with Crippen LogP contribution in [0.1, 0.15) is 36.4 Å². The number of aryl methyl sites for hydroxylation is 1. The highest BCUT2D eigenvalue weighted by atomic mass is 32.1. The van der Waals surface area contributed by atoms with Crippen LogP contribution in [0.4, 0.5) is 0 Å². The SMILES string of the molecule is CCc1sc(C(C)C)c2nccnc12. The van der Waals surface area contributed by atoms with Gasteiger partial charge in [0.05, 0.1) is 0 Å². The molecule has 0 aromatic carbocycles. The van der Waals surface area contributed by atoms with Crippen LogP contribution < -0.4 is 0 Å². The third-order valence-electron chi connectivity index (χ3n) is 2.27. The van der Waals surface area contributed by atoms with Crippen LogP contribution >= 0.6 is 11.3 Å². The Morgan fingerprint density at radius 3 is 2.43 bits per heavy atom. The predicted octanol–water partition coefficient (Wildman–Crippen LogP) is 3.38. The molecule has 0 aliphatic rings. The third-order valence-corrected chi connectivity index (χ3v) is 3.89. The van der Waals surface area contributed by atoms with Gasteiger partial charge in [0.15, 0.2) is 0 Å². The van der Waals surface area contributed by atoms with Crippen molar-refractivity contribution in [2.75, 3.05) is 0 Å². The third kappa shape index (κ3) is 1.42. The van der Waals surface area contributed by atoms with Crippen LogP contribution in [-0.2, 0) is 6.42 Å². The minimum Gasteiger partial charge on any atom is -0.252 e. The molecule has 0 aliphatic carbocycles. The molecule has 0 aliphatic heterocycles. The van der Waals surface area contributed by atoms with Crippen molar-refractivity contribution in [1.82, 2.24) is 9.97 Å². The summed E-state index contributed by atoms with van der Waals surface area (Å²) >= 11 is 1.86. The Morgan fingerprint density at radius 1 is 1.21 bits per heavy atom. The first-order chi connectivity index (χ1) is 6.74. The van der Waals surface area contributed by atoms with Crippen molar-refractivity contribution >= 4 is 22.4 Å². The Kier molecular flexibility index (Phi) is 2.50. The van der Waals surface area contributed by atoms with Crippen LogP contribution in [0.3, 0.4) is 0 Å². The first-order valence-electron chi connectivity index (χ1n) is 4.96. The molecule has 0 amide bonds. The summed E-state index contributed by atoms with van der Waals surface area (Å²) < 4.78 is 0. The lowest BCUT2D eigenvalue weighted by molar-refractivity contribution is 0.894. The first kappa shape index (κ1) is 9.59. The molecule has 14 heavy (non-hydrogen) atoms. The van der Waals surface area contributed by atoms with Crippen molar-refractivity contribution in [3.63, 3.8) is 0 Å². The van der Waals surface area contributed by atoms with Gasteiger partial charge in [-0.2, -0.15) is 0 Å². The van der Waals surface area contributed by atoms with Crippen molar-refractivity contribution in [3.8, 4) is 0 Å². The van der Waals surface area contributed by atoms with Crippen molar-refractivity contribution in [2.45, 2.75) is 33.1 Å². The van der Waals surface area contributed by atoms with Crippen LogP contribution in [-0.4, -0.2) is 9.97 Å². The molecule has 0 fully saturated rings. The summed E-state index contributed by atoms with van der Waals surface area (Å²) in [5.41, 5.74) is 2.20. The van der Waals surface area contributed by atoms with Gasteiger partial charge in [-0.25, -0.2) is 0 Å². The molecule has 0 spiro atoms. The number of hydrogen-bond donors (Lipinski definition) is 0. The summed E-state index contributed by atoms with van der Waals surface area (Å²) in [5, 5.41) is 0. The number of aromatic nitrogens is 2. The molecular weight excluding hydrogens is 192 g/mol. The lowest BCUT2D eigenvalue weighted by Crippen LogP contribution is -1.85. The van der Waals surface area contributed by atoms with Gasteiger partial charge in [0.25, 0.3) is 0 Å². The molecule has 0 N–H and O–H groups in total. The molecule has 0 radical (unpaired) electrons. The molecule has 0 unspecified atom stereocenters. The zero-order valence-corrected chi connectivity index (χ0v) is 9.56. The number of nitrogens with zero attached hydrogens (tertiary/aromatic N) is 2. The Bertz CT molecular complexity index is 445. The van der Waals surface area contributed by atoms with Crippen LogP contribution in [0.2, 0.25) is 0 Å². The van der Waals surface area contributed by atoms with Gasteiger partial charge in [-0.3, -0.25) is 9.97 Å². The number of rotatable bonds is 2. The number of thiophene rings is 1. The van der Waals surface area contributed by atoms with Gasteiger partial charge in [-0.1, -0.05) is 20.8 Å². The molecule has 2 rings (SSSR count). The minimum atomic E-state index is 0.541. The van der Waals surface area contributed by atoms with Gasteiger partial charge < -0.3 is 0 Å². The maximum atomic E-state index is 4.42. The van der Waals surface area contributed by atoms with Crippen LogP contribution in [0.5, 0.6) is 0 Å². The Labute approximate surface area is 88.0 Å². The van der Waals surface area contributed by atoms with E-state index in [4.69, 9.17) is 0 Å². The second-order valence-corrected chi connectivity index (χ2v) is 4.79. The summed E-state index contributed by atoms with van der Waals surface area (Å²) in [7, 11) is 0. The summed E-state index contributed by atoms with van der Waals surface area (Å²) in [6.45, 7) is 6.59. The maximum absolute atomic E-state index is 4.42. The van der Waals surface area contributed by atoms with E-state index in [1.165, 1.54) is 9.75 Å². The lowest BCUT2D eigenvalue weighted by atomic mass is 10.1. The van der Waals surface area contributed by atoms with E-state index in [0.717, 1.165) is 17.5 Å². The van der Waals surface area contributed by atoms with E-state index in [1.807, 2.05) is 11.3 Å². The fourth-order valence-electron chi connectivity index (χ4n) is 1.58. The summed E-state index contributed by atoms with van der Waals surface area (Å²) in [6, 6.07) is 0. The highest BCUT2D eigenvalue weighted by Gasteiger charge is 2.13. The quantitative estimate of drug-likeness (QED) is 0.752. The summed E-state index contributed by atoms with van der Waals surface area (Å²) in [4.78, 5) is 11.5.